The van der Waals surface area contributed by atoms with Gasteiger partial charge in [-0.25, -0.2) is 9.37 Å². The van der Waals surface area contributed by atoms with Gasteiger partial charge in [0.05, 0.1) is 37.6 Å². The summed E-state index contributed by atoms with van der Waals surface area (Å²) in [6.07, 6.45) is -0.683. The molecule has 1 fully saturated rings. The molecule has 7 nitrogen and oxygen atoms in total. The summed E-state index contributed by atoms with van der Waals surface area (Å²) in [5, 5.41) is 2.56. The van der Waals surface area contributed by atoms with Crippen molar-refractivity contribution >= 4 is 28.8 Å². The molecule has 5 rings (SSSR count). The van der Waals surface area contributed by atoms with E-state index in [1.165, 1.54) is 23.5 Å². The molecule has 9 heteroatoms. The lowest BCUT2D eigenvalue weighted by Crippen LogP contribution is -2.54. The molecule has 170 valence electrons. The van der Waals surface area contributed by atoms with E-state index in [1.807, 2.05) is 23.6 Å². The highest BCUT2D eigenvalue weighted by atomic mass is 32.1. The van der Waals surface area contributed by atoms with Gasteiger partial charge in [-0.15, -0.1) is 11.3 Å². The highest BCUT2D eigenvalue weighted by Gasteiger charge is 2.36. The summed E-state index contributed by atoms with van der Waals surface area (Å²) in [7, 11) is 0. The van der Waals surface area contributed by atoms with Crippen molar-refractivity contribution in [2.75, 3.05) is 37.7 Å². The lowest BCUT2D eigenvalue weighted by atomic mass is 10.1. The van der Waals surface area contributed by atoms with Crippen LogP contribution in [0.1, 0.15) is 5.69 Å². The van der Waals surface area contributed by atoms with Crippen LogP contribution in [0, 0.1) is 5.82 Å². The normalized spacial score (nSPS) is 17.9. The number of amides is 2. The molecule has 3 aromatic rings. The minimum Gasteiger partial charge on any atom is -0.476 e. The molecule has 1 saturated heterocycles. The zero-order valence-corrected chi connectivity index (χ0v) is 18.6. The molecular weight excluding hydrogens is 445 g/mol. The van der Waals surface area contributed by atoms with Gasteiger partial charge in [-0.2, -0.15) is 0 Å². The van der Waals surface area contributed by atoms with Gasteiger partial charge >= 0.3 is 0 Å². The number of aromatic nitrogens is 1. The Morgan fingerprint density at radius 1 is 1.09 bits per heavy atom. The molecule has 1 atom stereocenters. The van der Waals surface area contributed by atoms with E-state index >= 15 is 0 Å². The highest BCUT2D eigenvalue weighted by molar-refractivity contribution is 7.13. The van der Waals surface area contributed by atoms with Crippen molar-refractivity contribution in [1.29, 1.82) is 0 Å². The number of fused-ring (bicyclic) bond motifs is 1. The third-order valence-electron chi connectivity index (χ3n) is 5.65. The van der Waals surface area contributed by atoms with E-state index in [2.05, 4.69) is 4.98 Å². The Hall–Kier alpha value is -3.30. The molecule has 3 heterocycles. The fourth-order valence-electron chi connectivity index (χ4n) is 3.95. The summed E-state index contributed by atoms with van der Waals surface area (Å²) < 4.78 is 24.5. The minimum absolute atomic E-state index is 0.0878. The molecule has 0 unspecified atom stereocenters. The molecule has 0 bridgehead atoms. The lowest BCUT2D eigenvalue weighted by Gasteiger charge is -2.37. The second-order valence-corrected chi connectivity index (χ2v) is 8.70. The summed E-state index contributed by atoms with van der Waals surface area (Å²) in [6.45, 7) is 2.16. The van der Waals surface area contributed by atoms with Crippen LogP contribution in [0.15, 0.2) is 53.9 Å². The van der Waals surface area contributed by atoms with E-state index in [1.54, 1.807) is 28.0 Å². The molecule has 2 aromatic carbocycles. The molecule has 0 aliphatic carbocycles. The quantitative estimate of drug-likeness (QED) is 0.590. The number of halogens is 1. The number of ether oxygens (including phenoxy) is 2. The van der Waals surface area contributed by atoms with Gasteiger partial charge in [0.25, 0.3) is 5.91 Å². The first kappa shape index (κ1) is 21.5. The molecule has 2 aliphatic heterocycles. The van der Waals surface area contributed by atoms with Crippen LogP contribution in [-0.4, -0.2) is 60.7 Å². The predicted octanol–water partition coefficient (Wildman–Crippen LogP) is 3.14. The molecule has 1 aromatic heterocycles. The first-order chi connectivity index (χ1) is 16.1. The van der Waals surface area contributed by atoms with Crippen molar-refractivity contribution in [3.63, 3.8) is 0 Å². The van der Waals surface area contributed by atoms with E-state index < -0.39 is 6.10 Å². The summed E-state index contributed by atoms with van der Waals surface area (Å²) in [5.41, 5.74) is 2.07. The number of hydrogen-bond acceptors (Lipinski definition) is 6. The van der Waals surface area contributed by atoms with Crippen molar-refractivity contribution in [2.45, 2.75) is 12.5 Å². The van der Waals surface area contributed by atoms with Gasteiger partial charge in [0.1, 0.15) is 16.6 Å². The molecule has 2 aliphatic rings. The highest BCUT2D eigenvalue weighted by Crippen LogP contribution is 2.34. The number of hydrogen-bond donors (Lipinski definition) is 0. The lowest BCUT2D eigenvalue weighted by molar-refractivity contribution is -0.142. The van der Waals surface area contributed by atoms with Gasteiger partial charge in [-0.1, -0.05) is 12.1 Å². The number of carbonyl (C=O) groups excluding carboxylic acids is 2. The minimum atomic E-state index is -0.771. The molecular formula is C24H22FN3O4S. The van der Waals surface area contributed by atoms with Crippen LogP contribution >= 0.6 is 11.3 Å². The first-order valence-electron chi connectivity index (χ1n) is 10.7. The Kier molecular flexibility index (Phi) is 6.06. The predicted molar refractivity (Wildman–Crippen MR) is 122 cm³/mol. The van der Waals surface area contributed by atoms with Crippen LogP contribution in [0.2, 0.25) is 0 Å². The number of benzene rings is 2. The Balaban J connectivity index is 1.34. The van der Waals surface area contributed by atoms with Crippen molar-refractivity contribution in [2.24, 2.45) is 0 Å². The molecule has 0 N–H and O–H groups in total. The summed E-state index contributed by atoms with van der Waals surface area (Å²) >= 11 is 1.41. The van der Waals surface area contributed by atoms with Crippen LogP contribution in [0.4, 0.5) is 10.1 Å². The second kappa shape index (κ2) is 9.29. The Morgan fingerprint density at radius 2 is 1.85 bits per heavy atom. The van der Waals surface area contributed by atoms with Gasteiger partial charge in [-0.3, -0.25) is 9.59 Å². The number of thiazole rings is 1. The summed E-state index contributed by atoms with van der Waals surface area (Å²) in [6, 6.07) is 13.3. The number of para-hydroxylation sites is 2. The maximum absolute atomic E-state index is 13.3. The fourth-order valence-corrected chi connectivity index (χ4v) is 4.78. The van der Waals surface area contributed by atoms with Gasteiger partial charge in [0, 0.05) is 24.0 Å². The van der Waals surface area contributed by atoms with E-state index in [9.17, 15) is 14.0 Å². The van der Waals surface area contributed by atoms with Crippen molar-refractivity contribution in [1.82, 2.24) is 9.88 Å². The number of morpholine rings is 1. The monoisotopic (exact) mass is 467 g/mol. The maximum Gasteiger partial charge on any atom is 0.265 e. The first-order valence-corrected chi connectivity index (χ1v) is 11.6. The number of rotatable bonds is 4. The Morgan fingerprint density at radius 3 is 2.64 bits per heavy atom. The van der Waals surface area contributed by atoms with Gasteiger partial charge in [0.15, 0.2) is 6.10 Å². The molecule has 33 heavy (non-hydrogen) atoms. The summed E-state index contributed by atoms with van der Waals surface area (Å²) in [4.78, 5) is 34.2. The largest absolute Gasteiger partial charge is 0.476 e. The molecule has 0 radical (unpaired) electrons. The van der Waals surface area contributed by atoms with Gasteiger partial charge in [0.2, 0.25) is 5.91 Å². The van der Waals surface area contributed by atoms with Crippen LogP contribution in [-0.2, 0) is 20.7 Å². The SMILES string of the molecule is O=C([C@@H]1CN(C(=O)Cc2csc(-c3ccc(F)cc3)n2)c2ccccc2O1)N1CCOCC1. The van der Waals surface area contributed by atoms with E-state index in [0.717, 1.165) is 10.6 Å². The Labute approximate surface area is 194 Å². The number of nitrogens with zero attached hydrogens (tertiary/aromatic N) is 3. The van der Waals surface area contributed by atoms with Crippen LogP contribution < -0.4 is 9.64 Å². The van der Waals surface area contributed by atoms with Crippen LogP contribution in [0.5, 0.6) is 5.75 Å². The van der Waals surface area contributed by atoms with Crippen LogP contribution in [0.25, 0.3) is 10.6 Å². The topological polar surface area (TPSA) is 72.0 Å². The zero-order valence-electron chi connectivity index (χ0n) is 17.8. The average Bonchev–Trinajstić information content (AvgIpc) is 3.32. The number of anilines is 1. The van der Waals surface area contributed by atoms with Crippen LogP contribution in [0.3, 0.4) is 0 Å². The average molecular weight is 468 g/mol. The number of carbonyl (C=O) groups is 2. The molecule has 0 spiro atoms. The summed E-state index contributed by atoms with van der Waals surface area (Å²) in [5.74, 6) is -0.105. The Bertz CT molecular complexity index is 1160. The smallest absolute Gasteiger partial charge is 0.265 e. The zero-order chi connectivity index (χ0) is 22.8. The van der Waals surface area contributed by atoms with Gasteiger partial charge in [-0.05, 0) is 36.4 Å². The van der Waals surface area contributed by atoms with Crippen molar-refractivity contribution in [3.8, 4) is 16.3 Å². The van der Waals surface area contributed by atoms with Crippen molar-refractivity contribution in [3.05, 3.63) is 65.4 Å². The van der Waals surface area contributed by atoms with E-state index in [0.29, 0.717) is 43.4 Å². The third kappa shape index (κ3) is 4.60. The molecule has 2 amide bonds. The van der Waals surface area contributed by atoms with Crippen molar-refractivity contribution < 1.29 is 23.5 Å². The second-order valence-electron chi connectivity index (χ2n) is 7.84. The van der Waals surface area contributed by atoms with Gasteiger partial charge < -0.3 is 19.3 Å². The maximum atomic E-state index is 13.3. The standard InChI is InChI=1S/C24H22FN3O4S/c25-17-7-5-16(6-8-17)23-26-18(15-33-23)13-22(29)28-14-21(24(30)27-9-11-31-12-10-27)32-20-4-2-1-3-19(20)28/h1-8,15,21H,9-14H2/t21-/m0/s1. The molecule has 0 saturated carbocycles. The van der Waals surface area contributed by atoms with E-state index in [-0.39, 0.29) is 30.6 Å². The van der Waals surface area contributed by atoms with E-state index in [4.69, 9.17) is 9.47 Å². The third-order valence-corrected chi connectivity index (χ3v) is 6.59. The fraction of sp³-hybridized carbons (Fsp3) is 0.292.